The van der Waals surface area contributed by atoms with Gasteiger partial charge in [0.15, 0.2) is 17.2 Å². The van der Waals surface area contributed by atoms with Crippen molar-refractivity contribution in [3.63, 3.8) is 0 Å². The molecule has 0 aromatic heterocycles. The van der Waals surface area contributed by atoms with Crippen LogP contribution in [0.3, 0.4) is 0 Å². The van der Waals surface area contributed by atoms with Crippen LogP contribution in [0.1, 0.15) is 103 Å². The molecule has 324 valence electrons. The topological polar surface area (TPSA) is 264 Å². The summed E-state index contributed by atoms with van der Waals surface area (Å²) >= 11 is 0. The van der Waals surface area contributed by atoms with Gasteiger partial charge in [-0.1, -0.05) is 53.2 Å². The summed E-state index contributed by atoms with van der Waals surface area (Å²) in [6, 6.07) is 1.92. The molecule has 1 saturated heterocycles. The Morgan fingerprint density at radius 2 is 1.45 bits per heavy atom. The molecule has 0 radical (unpaired) electrons. The van der Waals surface area contributed by atoms with E-state index in [0.29, 0.717) is 44.9 Å². The highest BCUT2D eigenvalue weighted by Crippen LogP contribution is 2.76. The molecule has 15 nitrogen and oxygen atoms in total. The summed E-state index contributed by atoms with van der Waals surface area (Å²) in [6.07, 6.45) is -5.31. The monoisotopic (exact) mass is 818 g/mol. The minimum atomic E-state index is -1.77. The second kappa shape index (κ2) is 14.3. The Balaban J connectivity index is 1.22. The predicted octanol–water partition coefficient (Wildman–Crippen LogP) is 2.39. The summed E-state index contributed by atoms with van der Waals surface area (Å²) < 4.78 is 17.4. The van der Waals surface area contributed by atoms with E-state index in [1.807, 2.05) is 20.8 Å². The van der Waals surface area contributed by atoms with Gasteiger partial charge in [-0.25, -0.2) is 4.79 Å². The maximum Gasteiger partial charge on any atom is 0.338 e. The molecule has 1 aromatic carbocycles. The van der Waals surface area contributed by atoms with Gasteiger partial charge in [0.1, 0.15) is 30.5 Å². The number of hydrogen-bond acceptors (Lipinski definition) is 15. The Morgan fingerprint density at radius 3 is 2.07 bits per heavy atom. The van der Waals surface area contributed by atoms with Gasteiger partial charge in [0.25, 0.3) is 0 Å². The third kappa shape index (κ3) is 5.96. The van der Waals surface area contributed by atoms with Crippen LogP contribution in [0, 0.1) is 50.2 Å². The summed E-state index contributed by atoms with van der Waals surface area (Å²) in [4.78, 5) is 28.0. The lowest BCUT2D eigenvalue weighted by Gasteiger charge is -2.72. The number of rotatable bonds is 6. The Kier molecular flexibility index (Phi) is 10.6. The number of aliphatic hydroxyl groups excluding tert-OH is 7. The lowest BCUT2D eigenvalue weighted by Crippen LogP contribution is -2.69. The predicted molar refractivity (Wildman–Crippen MR) is 204 cm³/mol. The van der Waals surface area contributed by atoms with Crippen LogP contribution in [0.15, 0.2) is 23.8 Å². The maximum absolute atomic E-state index is 14.6. The van der Waals surface area contributed by atoms with Gasteiger partial charge in [-0.15, -0.1) is 0 Å². The molecule has 1 aromatic rings. The second-order valence-electron chi connectivity index (χ2n) is 20.1. The number of esters is 2. The van der Waals surface area contributed by atoms with Crippen LogP contribution in [0.5, 0.6) is 17.2 Å². The summed E-state index contributed by atoms with van der Waals surface area (Å²) in [6.45, 7) is 11.3. The fourth-order valence-electron chi connectivity index (χ4n) is 13.2. The Labute approximate surface area is 338 Å². The van der Waals surface area contributed by atoms with Crippen molar-refractivity contribution in [3.05, 3.63) is 29.3 Å². The highest BCUT2D eigenvalue weighted by molar-refractivity contribution is 5.91. The molecule has 4 saturated carbocycles. The molecule has 5 aliphatic carbocycles. The number of phenolic OH excluding ortho intramolecular Hbond substituents is 3. The van der Waals surface area contributed by atoms with Crippen LogP contribution >= 0.6 is 0 Å². The van der Waals surface area contributed by atoms with Crippen molar-refractivity contribution in [2.75, 3.05) is 13.2 Å². The number of aromatic hydroxyl groups is 3. The van der Waals surface area contributed by atoms with Gasteiger partial charge >= 0.3 is 11.9 Å². The van der Waals surface area contributed by atoms with Gasteiger partial charge in [0, 0.05) is 11.3 Å². The Bertz CT molecular complexity index is 1810. The molecule has 0 amide bonds. The molecule has 0 bridgehead atoms. The van der Waals surface area contributed by atoms with E-state index in [0.717, 1.165) is 17.7 Å². The van der Waals surface area contributed by atoms with Gasteiger partial charge < -0.3 is 65.3 Å². The standard InChI is InChI=1S/C43H62O15/c1-38(2)11-13-43(37(55)58-36-32(52)31(51)30(50)25(18-44)56-36)14-12-41(5)21(28(43)33(38)53)7-8-27-39(3)17-24(48)34(40(4,19-45)26(39)9-10-42(27,41)6)57-35(54)20-15-22(46)29(49)23(47)16-20/h7,15-16,24-28,30-34,36,44-53H,8-14,17-19H2,1-6H3/t24-,25?,26?,27?,28-,30-,31+,32?,33+,34+,36+,39+,40-,41-,42-,43+/m1/s1. The van der Waals surface area contributed by atoms with E-state index in [2.05, 4.69) is 26.8 Å². The van der Waals surface area contributed by atoms with E-state index in [4.69, 9.17) is 14.2 Å². The lowest BCUT2D eigenvalue weighted by molar-refractivity contribution is -0.298. The Hall–Kier alpha value is -3.02. The molecule has 58 heavy (non-hydrogen) atoms. The van der Waals surface area contributed by atoms with Crippen molar-refractivity contribution in [2.45, 2.75) is 142 Å². The third-order valence-electron chi connectivity index (χ3n) is 16.9. The third-order valence-corrected chi connectivity index (χ3v) is 16.9. The zero-order valence-electron chi connectivity index (χ0n) is 34.2. The second-order valence-corrected chi connectivity index (χ2v) is 20.1. The molecule has 16 atom stereocenters. The van der Waals surface area contributed by atoms with E-state index in [1.54, 1.807) is 0 Å². The number of allylic oxidation sites excluding steroid dienone is 1. The van der Waals surface area contributed by atoms with Gasteiger partial charge in [-0.2, -0.15) is 0 Å². The fourth-order valence-corrected chi connectivity index (χ4v) is 13.2. The highest BCUT2D eigenvalue weighted by Gasteiger charge is 2.72. The van der Waals surface area contributed by atoms with Crippen LogP contribution in [-0.4, -0.2) is 125 Å². The molecule has 6 aliphatic rings. The first-order valence-electron chi connectivity index (χ1n) is 20.6. The van der Waals surface area contributed by atoms with Crippen molar-refractivity contribution in [1.82, 2.24) is 0 Å². The van der Waals surface area contributed by atoms with Crippen molar-refractivity contribution >= 4 is 11.9 Å². The van der Waals surface area contributed by atoms with E-state index in [1.165, 1.54) is 0 Å². The van der Waals surface area contributed by atoms with Crippen LogP contribution in [0.2, 0.25) is 0 Å². The van der Waals surface area contributed by atoms with Gasteiger partial charge in [0.05, 0.1) is 36.4 Å². The van der Waals surface area contributed by atoms with Crippen molar-refractivity contribution in [1.29, 1.82) is 0 Å². The number of benzene rings is 1. The SMILES string of the molecule is CC1(C)CC[C@]2(C(=O)O[C@@H]3OC(CO)[C@@H](O)[C@H](O)C3O)CC[C@]3(C)C(=CCC4[C@@]5(C)C[C@@H](O)[C@H](OC(=O)c6cc(O)c(O)c(O)c6)[C@](C)(CO)C5CC[C@]43C)[C@@H]2[C@@H]1O. The summed E-state index contributed by atoms with van der Waals surface area (Å²) in [5, 5.41) is 107. The molecule has 1 aliphatic heterocycles. The number of phenols is 3. The minimum Gasteiger partial charge on any atom is -0.504 e. The fraction of sp³-hybridized carbons (Fsp3) is 0.767. The average Bonchev–Trinajstić information content (AvgIpc) is 3.16. The summed E-state index contributed by atoms with van der Waals surface area (Å²) in [5.74, 6) is -4.78. The first-order valence-corrected chi connectivity index (χ1v) is 20.6. The number of aliphatic hydroxyl groups is 7. The number of hydrogen-bond donors (Lipinski definition) is 10. The molecule has 4 unspecified atom stereocenters. The van der Waals surface area contributed by atoms with Crippen LogP contribution in [-0.2, 0) is 19.0 Å². The maximum atomic E-state index is 14.6. The van der Waals surface area contributed by atoms with Crippen LogP contribution in [0.25, 0.3) is 0 Å². The largest absolute Gasteiger partial charge is 0.504 e. The smallest absolute Gasteiger partial charge is 0.338 e. The molecule has 5 fully saturated rings. The molecular formula is C43H62O15. The van der Waals surface area contributed by atoms with Crippen molar-refractivity contribution < 1.29 is 74.9 Å². The highest BCUT2D eigenvalue weighted by atomic mass is 16.7. The van der Waals surface area contributed by atoms with Crippen LogP contribution in [0.4, 0.5) is 0 Å². The first kappa shape index (κ1) is 43.1. The number of carbonyl (C=O) groups is 2. The molecule has 10 N–H and O–H groups in total. The van der Waals surface area contributed by atoms with E-state index in [-0.39, 0.29) is 23.8 Å². The quantitative estimate of drug-likeness (QED) is 0.112. The molecule has 7 rings (SSSR count). The summed E-state index contributed by atoms with van der Waals surface area (Å²) in [5.41, 5.74) is -3.69. The normalized spacial score (nSPS) is 47.0. The zero-order valence-corrected chi connectivity index (χ0v) is 34.2. The molecular weight excluding hydrogens is 756 g/mol. The summed E-state index contributed by atoms with van der Waals surface area (Å²) in [7, 11) is 0. The molecule has 15 heteroatoms. The number of carbonyl (C=O) groups excluding carboxylic acids is 2. The zero-order chi connectivity index (χ0) is 42.7. The number of fused-ring (bicyclic) bond motifs is 7. The van der Waals surface area contributed by atoms with Gasteiger partial charge in [0.2, 0.25) is 6.29 Å². The van der Waals surface area contributed by atoms with Crippen molar-refractivity contribution in [2.24, 2.45) is 50.2 Å². The van der Waals surface area contributed by atoms with Gasteiger partial charge in [-0.3, -0.25) is 4.79 Å². The van der Waals surface area contributed by atoms with E-state index >= 15 is 0 Å². The number of ether oxygens (including phenoxy) is 3. The van der Waals surface area contributed by atoms with Gasteiger partial charge in [-0.05, 0) is 97.0 Å². The lowest BCUT2D eigenvalue weighted by atomic mass is 9.33. The first-order chi connectivity index (χ1) is 27.0. The Morgan fingerprint density at radius 1 is 0.810 bits per heavy atom. The molecule has 0 spiro atoms. The molecule has 1 heterocycles. The van der Waals surface area contributed by atoms with Crippen molar-refractivity contribution in [3.8, 4) is 17.2 Å². The van der Waals surface area contributed by atoms with Crippen LogP contribution < -0.4 is 0 Å². The minimum absolute atomic E-state index is 0.0435. The average molecular weight is 819 g/mol. The van der Waals surface area contributed by atoms with E-state index < -0.39 is 130 Å². The van der Waals surface area contributed by atoms with E-state index in [9.17, 15) is 60.7 Å².